The van der Waals surface area contributed by atoms with Gasteiger partial charge in [-0.25, -0.2) is 0 Å². The molecule has 1 aliphatic heterocycles. The van der Waals surface area contributed by atoms with E-state index in [1.54, 1.807) is 0 Å². The van der Waals surface area contributed by atoms with E-state index in [0.29, 0.717) is 6.10 Å². The fraction of sp³-hybridized carbons (Fsp3) is 0.700. The van der Waals surface area contributed by atoms with Crippen LogP contribution in [0.15, 0.2) is 24.3 Å². The van der Waals surface area contributed by atoms with Gasteiger partial charge in [0.2, 0.25) is 0 Å². The molecule has 1 fully saturated rings. The third-order valence-electron chi connectivity index (χ3n) is 4.83. The predicted octanol–water partition coefficient (Wildman–Crippen LogP) is 5.03. The van der Waals surface area contributed by atoms with Crippen LogP contribution in [-0.2, 0) is 9.31 Å². The standard InChI is InChI=1S/C20H33BO2/c1-3-4-5-6-7-8-14-19-15-11-12-17-22-21(23-19)20-16-10-9-13-18(20)2/h9-10,13,16,19H,3-8,11-12,14-15,17H2,1-2H3. The first-order valence-corrected chi connectivity index (χ1v) is 9.64. The summed E-state index contributed by atoms with van der Waals surface area (Å²) in [6.07, 6.45) is 13.2. The van der Waals surface area contributed by atoms with Crippen molar-refractivity contribution in [2.24, 2.45) is 0 Å². The number of benzene rings is 1. The minimum atomic E-state index is -0.179. The Morgan fingerprint density at radius 1 is 1.04 bits per heavy atom. The minimum absolute atomic E-state index is 0.179. The highest BCUT2D eigenvalue weighted by Gasteiger charge is 2.28. The van der Waals surface area contributed by atoms with Crippen molar-refractivity contribution in [2.45, 2.75) is 84.2 Å². The maximum atomic E-state index is 6.36. The van der Waals surface area contributed by atoms with Gasteiger partial charge >= 0.3 is 7.12 Å². The summed E-state index contributed by atoms with van der Waals surface area (Å²) in [7, 11) is -0.179. The lowest BCUT2D eigenvalue weighted by molar-refractivity contribution is 0.106. The summed E-state index contributed by atoms with van der Waals surface area (Å²) >= 11 is 0. The maximum absolute atomic E-state index is 6.36. The van der Waals surface area contributed by atoms with E-state index in [-0.39, 0.29) is 7.12 Å². The maximum Gasteiger partial charge on any atom is 0.494 e. The summed E-state index contributed by atoms with van der Waals surface area (Å²) in [6.45, 7) is 5.22. The normalized spacial score (nSPS) is 19.4. The molecule has 0 amide bonds. The average molecular weight is 316 g/mol. The topological polar surface area (TPSA) is 18.5 Å². The Morgan fingerprint density at radius 3 is 2.65 bits per heavy atom. The lowest BCUT2D eigenvalue weighted by Gasteiger charge is -2.26. The number of hydrogen-bond donors (Lipinski definition) is 0. The fourth-order valence-corrected chi connectivity index (χ4v) is 3.33. The van der Waals surface area contributed by atoms with Gasteiger partial charge in [-0.2, -0.15) is 0 Å². The van der Waals surface area contributed by atoms with Gasteiger partial charge in [-0.15, -0.1) is 0 Å². The highest BCUT2D eigenvalue weighted by atomic mass is 16.6. The zero-order valence-electron chi connectivity index (χ0n) is 15.1. The first kappa shape index (κ1) is 18.5. The molecule has 1 unspecified atom stereocenters. The summed E-state index contributed by atoms with van der Waals surface area (Å²) in [6, 6.07) is 8.44. The number of hydrogen-bond acceptors (Lipinski definition) is 2. The first-order valence-electron chi connectivity index (χ1n) is 9.64. The molecule has 0 bridgehead atoms. The molecule has 23 heavy (non-hydrogen) atoms. The van der Waals surface area contributed by atoms with Crippen LogP contribution in [0.2, 0.25) is 0 Å². The van der Waals surface area contributed by atoms with Crippen LogP contribution >= 0.6 is 0 Å². The van der Waals surface area contributed by atoms with Crippen LogP contribution in [-0.4, -0.2) is 19.8 Å². The lowest BCUT2D eigenvalue weighted by Crippen LogP contribution is -2.42. The minimum Gasteiger partial charge on any atom is -0.407 e. The molecule has 1 saturated heterocycles. The molecule has 1 atom stereocenters. The monoisotopic (exact) mass is 316 g/mol. The van der Waals surface area contributed by atoms with Crippen LogP contribution in [0.1, 0.15) is 76.7 Å². The highest BCUT2D eigenvalue weighted by molar-refractivity contribution is 6.61. The fourth-order valence-electron chi connectivity index (χ4n) is 3.33. The first-order chi connectivity index (χ1) is 11.3. The van der Waals surface area contributed by atoms with E-state index in [2.05, 4.69) is 38.1 Å². The Balaban J connectivity index is 1.83. The molecule has 1 aromatic carbocycles. The van der Waals surface area contributed by atoms with Crippen molar-refractivity contribution in [3.8, 4) is 0 Å². The second-order valence-corrected chi connectivity index (χ2v) is 6.87. The molecular weight excluding hydrogens is 283 g/mol. The van der Waals surface area contributed by atoms with Gasteiger partial charge in [-0.05, 0) is 38.1 Å². The van der Waals surface area contributed by atoms with Gasteiger partial charge in [0.1, 0.15) is 0 Å². The quantitative estimate of drug-likeness (QED) is 0.495. The Hall–Kier alpha value is -0.795. The summed E-state index contributed by atoms with van der Waals surface area (Å²) in [4.78, 5) is 0. The van der Waals surface area contributed by atoms with E-state index in [0.717, 1.165) is 13.0 Å². The van der Waals surface area contributed by atoms with E-state index in [1.807, 2.05) is 0 Å². The summed E-state index contributed by atoms with van der Waals surface area (Å²) in [5, 5.41) is 0. The van der Waals surface area contributed by atoms with Gasteiger partial charge in [0.05, 0.1) is 0 Å². The van der Waals surface area contributed by atoms with E-state index in [1.165, 1.54) is 68.8 Å². The molecule has 3 heteroatoms. The number of unbranched alkanes of at least 4 members (excludes halogenated alkanes) is 5. The molecule has 1 heterocycles. The van der Waals surface area contributed by atoms with Gasteiger partial charge in [0.15, 0.2) is 0 Å². The second-order valence-electron chi connectivity index (χ2n) is 6.87. The summed E-state index contributed by atoms with van der Waals surface area (Å²) in [5.41, 5.74) is 2.46. The van der Waals surface area contributed by atoms with Crippen molar-refractivity contribution >= 4 is 12.6 Å². The molecule has 0 spiro atoms. The Kier molecular flexibility index (Phi) is 8.77. The van der Waals surface area contributed by atoms with Crippen molar-refractivity contribution in [3.05, 3.63) is 29.8 Å². The third-order valence-corrected chi connectivity index (χ3v) is 4.83. The van der Waals surface area contributed by atoms with Crippen LogP contribution in [0.5, 0.6) is 0 Å². The van der Waals surface area contributed by atoms with Gasteiger partial charge in [-0.1, -0.05) is 75.3 Å². The molecule has 0 N–H and O–H groups in total. The second kappa shape index (κ2) is 10.9. The molecule has 2 nitrogen and oxygen atoms in total. The Bertz CT molecular complexity index is 435. The molecule has 0 aliphatic carbocycles. The van der Waals surface area contributed by atoms with Crippen LogP contribution < -0.4 is 5.46 Å². The molecule has 1 aliphatic rings. The van der Waals surface area contributed by atoms with Crippen LogP contribution in [0.3, 0.4) is 0 Å². The largest absolute Gasteiger partial charge is 0.494 e. The van der Waals surface area contributed by atoms with Crippen molar-refractivity contribution < 1.29 is 9.31 Å². The molecule has 2 rings (SSSR count). The van der Waals surface area contributed by atoms with Crippen LogP contribution in [0, 0.1) is 6.92 Å². The molecular formula is C20H33BO2. The van der Waals surface area contributed by atoms with Gasteiger partial charge in [0.25, 0.3) is 0 Å². The Labute approximate surface area is 143 Å². The van der Waals surface area contributed by atoms with Gasteiger partial charge < -0.3 is 9.31 Å². The van der Waals surface area contributed by atoms with E-state index in [4.69, 9.17) is 9.31 Å². The Morgan fingerprint density at radius 2 is 1.83 bits per heavy atom. The van der Waals surface area contributed by atoms with Crippen molar-refractivity contribution in [2.75, 3.05) is 6.61 Å². The average Bonchev–Trinajstić information content (AvgIpc) is 2.53. The number of aryl methyl sites for hydroxylation is 1. The SMILES string of the molecule is CCCCCCCCC1CCCCOB(c2ccccc2C)O1. The van der Waals surface area contributed by atoms with Crippen LogP contribution in [0.25, 0.3) is 0 Å². The molecule has 0 radical (unpaired) electrons. The van der Waals surface area contributed by atoms with Crippen LogP contribution in [0.4, 0.5) is 0 Å². The zero-order chi connectivity index (χ0) is 16.3. The van der Waals surface area contributed by atoms with E-state index >= 15 is 0 Å². The molecule has 128 valence electrons. The zero-order valence-corrected chi connectivity index (χ0v) is 15.1. The molecule has 0 saturated carbocycles. The highest BCUT2D eigenvalue weighted by Crippen LogP contribution is 2.18. The van der Waals surface area contributed by atoms with E-state index in [9.17, 15) is 0 Å². The van der Waals surface area contributed by atoms with Gasteiger partial charge in [-0.3, -0.25) is 0 Å². The smallest absolute Gasteiger partial charge is 0.407 e. The number of rotatable bonds is 8. The van der Waals surface area contributed by atoms with Crippen molar-refractivity contribution in [1.29, 1.82) is 0 Å². The van der Waals surface area contributed by atoms with Gasteiger partial charge in [0, 0.05) is 12.7 Å². The molecule has 1 aromatic rings. The molecule has 0 aromatic heterocycles. The van der Waals surface area contributed by atoms with Crippen molar-refractivity contribution in [1.82, 2.24) is 0 Å². The lowest BCUT2D eigenvalue weighted by atomic mass is 9.75. The van der Waals surface area contributed by atoms with Crippen molar-refractivity contribution in [3.63, 3.8) is 0 Å². The third kappa shape index (κ3) is 6.68. The van der Waals surface area contributed by atoms with E-state index < -0.39 is 0 Å². The predicted molar refractivity (Wildman–Crippen MR) is 99.2 cm³/mol. The summed E-state index contributed by atoms with van der Waals surface area (Å²) < 4.78 is 12.4. The summed E-state index contributed by atoms with van der Waals surface area (Å²) in [5.74, 6) is 0.